The van der Waals surface area contributed by atoms with Crippen molar-refractivity contribution in [2.45, 2.75) is 45.7 Å². The van der Waals surface area contributed by atoms with Crippen LogP contribution in [-0.4, -0.2) is 27.8 Å². The number of rotatable bonds is 5. The van der Waals surface area contributed by atoms with Gasteiger partial charge in [0.2, 0.25) is 5.88 Å². The molecule has 37 heavy (non-hydrogen) atoms. The number of fused-ring (bicyclic) bond motifs is 1. The molecule has 3 aromatic rings. The maximum atomic E-state index is 12.9. The fourth-order valence-electron chi connectivity index (χ4n) is 3.60. The number of nitrogens with two attached hydrogens (primary N) is 1. The third-order valence-electron chi connectivity index (χ3n) is 5.25. The normalized spacial score (nSPS) is 13.3. The molecule has 0 fully saturated rings. The van der Waals surface area contributed by atoms with Gasteiger partial charge in [0.1, 0.15) is 29.5 Å². The highest BCUT2D eigenvalue weighted by Crippen LogP contribution is 2.34. The number of anilines is 2. The van der Waals surface area contributed by atoms with Gasteiger partial charge in [0.15, 0.2) is 0 Å². The minimum atomic E-state index is -4.50. The molecule has 0 atom stereocenters. The van der Waals surface area contributed by atoms with Crippen molar-refractivity contribution in [2.24, 2.45) is 0 Å². The Morgan fingerprint density at radius 3 is 2.51 bits per heavy atom. The van der Waals surface area contributed by atoms with Gasteiger partial charge in [0, 0.05) is 19.2 Å². The van der Waals surface area contributed by atoms with Crippen LogP contribution >= 0.6 is 0 Å². The molecule has 1 aliphatic heterocycles. The van der Waals surface area contributed by atoms with Gasteiger partial charge in [0.05, 0.1) is 11.3 Å². The molecule has 9 nitrogen and oxygen atoms in total. The first kappa shape index (κ1) is 25.9. The fraction of sp³-hybridized carbons (Fsp3) is 0.320. The molecule has 0 aliphatic carbocycles. The quantitative estimate of drug-likeness (QED) is 0.475. The number of halogens is 3. The first-order valence-corrected chi connectivity index (χ1v) is 11.3. The van der Waals surface area contributed by atoms with Gasteiger partial charge in [-0.05, 0) is 56.7 Å². The molecule has 0 bridgehead atoms. The molecule has 0 saturated heterocycles. The minimum Gasteiger partial charge on any atom is -0.473 e. The zero-order valence-corrected chi connectivity index (χ0v) is 20.3. The van der Waals surface area contributed by atoms with Crippen LogP contribution in [0.3, 0.4) is 0 Å². The molecular weight excluding hydrogens is 493 g/mol. The van der Waals surface area contributed by atoms with Crippen LogP contribution in [0.25, 0.3) is 0 Å². The van der Waals surface area contributed by atoms with E-state index >= 15 is 0 Å². The van der Waals surface area contributed by atoms with Crippen LogP contribution in [0.2, 0.25) is 0 Å². The van der Waals surface area contributed by atoms with Crippen LogP contribution in [0.15, 0.2) is 53.3 Å². The van der Waals surface area contributed by atoms with Crippen molar-refractivity contribution >= 4 is 17.6 Å². The Bertz CT molecular complexity index is 1380. The third kappa shape index (κ3) is 6.13. The van der Waals surface area contributed by atoms with Crippen LogP contribution in [0.4, 0.5) is 29.5 Å². The monoisotopic (exact) mass is 518 g/mol. The summed E-state index contributed by atoms with van der Waals surface area (Å²) in [6.07, 6.45) is -5.08. The molecule has 2 N–H and O–H groups in total. The molecule has 0 saturated carbocycles. The zero-order chi connectivity index (χ0) is 27.0. The maximum absolute atomic E-state index is 12.9. The minimum absolute atomic E-state index is 0.00886. The number of hydrogen-bond acceptors (Lipinski definition) is 7. The van der Waals surface area contributed by atoms with Crippen molar-refractivity contribution < 1.29 is 32.2 Å². The third-order valence-corrected chi connectivity index (χ3v) is 5.25. The number of amides is 1. The average Bonchev–Trinajstić information content (AvgIpc) is 3.23. The van der Waals surface area contributed by atoms with E-state index in [1.165, 1.54) is 39.8 Å². The Morgan fingerprint density at radius 1 is 1.08 bits per heavy atom. The highest BCUT2D eigenvalue weighted by atomic mass is 19.4. The summed E-state index contributed by atoms with van der Waals surface area (Å²) in [6.45, 7) is 5.77. The number of nitrogen functional groups attached to an aromatic ring is 1. The molecule has 12 heteroatoms. The van der Waals surface area contributed by atoms with Crippen LogP contribution in [0.5, 0.6) is 17.4 Å². The Morgan fingerprint density at radius 2 is 1.84 bits per heavy atom. The van der Waals surface area contributed by atoms with Crippen LogP contribution in [0, 0.1) is 0 Å². The maximum Gasteiger partial charge on any atom is 0.416 e. The Hall–Kier alpha value is -4.22. The number of carbonyl (C=O) groups is 1. The lowest BCUT2D eigenvalue weighted by Gasteiger charge is -2.24. The summed E-state index contributed by atoms with van der Waals surface area (Å²) in [6, 6.07) is 10.6. The Kier molecular flexibility index (Phi) is 6.76. The first-order chi connectivity index (χ1) is 17.3. The van der Waals surface area contributed by atoms with Crippen molar-refractivity contribution in [3.63, 3.8) is 0 Å². The summed E-state index contributed by atoms with van der Waals surface area (Å²) in [7, 11) is 0. The second-order valence-electron chi connectivity index (χ2n) is 9.31. The van der Waals surface area contributed by atoms with E-state index in [4.69, 9.17) is 19.9 Å². The molecule has 4 rings (SSSR count). The van der Waals surface area contributed by atoms with Crippen LogP contribution in [-0.2, 0) is 24.1 Å². The highest BCUT2D eigenvalue weighted by Gasteiger charge is 2.31. The molecule has 0 spiro atoms. The van der Waals surface area contributed by atoms with Gasteiger partial charge >= 0.3 is 18.0 Å². The molecule has 1 aromatic heterocycles. The van der Waals surface area contributed by atoms with Gasteiger partial charge in [-0.1, -0.05) is 12.1 Å². The molecule has 1 aliphatic rings. The largest absolute Gasteiger partial charge is 0.473 e. The topological polar surface area (TPSA) is 109 Å². The molecule has 1 amide bonds. The first-order valence-electron chi connectivity index (χ1n) is 11.3. The second kappa shape index (κ2) is 9.68. The molecule has 196 valence electrons. The van der Waals surface area contributed by atoms with E-state index in [0.29, 0.717) is 11.4 Å². The van der Waals surface area contributed by atoms with Gasteiger partial charge in [-0.3, -0.25) is 9.47 Å². The predicted octanol–water partition coefficient (Wildman–Crippen LogP) is 4.97. The smallest absolute Gasteiger partial charge is 0.416 e. The summed E-state index contributed by atoms with van der Waals surface area (Å²) in [5.74, 6) is 0.482. The molecule has 2 heterocycles. The number of benzene rings is 2. The summed E-state index contributed by atoms with van der Waals surface area (Å²) in [4.78, 5) is 30.2. The number of alkyl halides is 3. The summed E-state index contributed by atoms with van der Waals surface area (Å²) in [5.41, 5.74) is 4.70. The standard InChI is InChI=1S/C25H25F3N4O5/c1-24(2,3)37-23(34)32-10-9-31-21(32)13-20(30-22(31)33)35-14-15-7-8-19(18(29)11-15)36-17-6-4-5-16(12-17)25(26,27)28/h4-8,11-13H,9-10,14,29H2,1-3H3. The van der Waals surface area contributed by atoms with E-state index in [0.717, 1.165) is 12.1 Å². The van der Waals surface area contributed by atoms with Gasteiger partial charge in [0.25, 0.3) is 0 Å². The number of hydrogen-bond donors (Lipinski definition) is 1. The highest BCUT2D eigenvalue weighted by molar-refractivity contribution is 5.87. The van der Waals surface area contributed by atoms with Gasteiger partial charge in [-0.25, -0.2) is 9.59 Å². The van der Waals surface area contributed by atoms with Crippen LogP contribution < -0.4 is 25.8 Å². The number of carbonyl (C=O) groups excluding carboxylic acids is 1. The van der Waals surface area contributed by atoms with Gasteiger partial charge < -0.3 is 19.9 Å². The fourth-order valence-corrected chi connectivity index (χ4v) is 3.60. The second-order valence-corrected chi connectivity index (χ2v) is 9.31. The van der Waals surface area contributed by atoms with E-state index in [9.17, 15) is 22.8 Å². The summed E-state index contributed by atoms with van der Waals surface area (Å²) in [5, 5.41) is 0. The van der Waals surface area contributed by atoms with Crippen molar-refractivity contribution in [3.8, 4) is 17.4 Å². The summed E-state index contributed by atoms with van der Waals surface area (Å²) < 4.78 is 56.8. The number of ether oxygens (including phenoxy) is 3. The van der Waals surface area contributed by atoms with E-state index in [1.54, 1.807) is 26.8 Å². The number of nitrogens with zero attached hydrogens (tertiary/aromatic N) is 3. The number of aromatic nitrogens is 2. The van der Waals surface area contributed by atoms with Crippen molar-refractivity contribution in [3.05, 3.63) is 70.1 Å². The average molecular weight is 518 g/mol. The Labute approximate surface area is 210 Å². The van der Waals surface area contributed by atoms with Gasteiger partial charge in [-0.15, -0.1) is 0 Å². The van der Waals surface area contributed by atoms with Crippen molar-refractivity contribution in [2.75, 3.05) is 17.2 Å². The van der Waals surface area contributed by atoms with E-state index in [1.807, 2.05) is 0 Å². The van der Waals surface area contributed by atoms with E-state index in [-0.39, 0.29) is 42.8 Å². The predicted molar refractivity (Wildman–Crippen MR) is 129 cm³/mol. The lowest BCUT2D eigenvalue weighted by Crippen LogP contribution is -2.36. The molecule has 0 unspecified atom stereocenters. The Balaban J connectivity index is 1.46. The van der Waals surface area contributed by atoms with Gasteiger partial charge in [-0.2, -0.15) is 18.2 Å². The van der Waals surface area contributed by atoms with Crippen LogP contribution in [0.1, 0.15) is 31.9 Å². The SMILES string of the molecule is CC(C)(C)OC(=O)N1CCn2c1cc(OCc1ccc(Oc3cccc(C(F)(F)F)c3)c(N)c1)nc2=O. The van der Waals surface area contributed by atoms with E-state index < -0.39 is 29.1 Å². The molecule has 2 aromatic carbocycles. The lowest BCUT2D eigenvalue weighted by atomic mass is 10.2. The zero-order valence-electron chi connectivity index (χ0n) is 20.3. The molecular formula is C25H25F3N4O5. The van der Waals surface area contributed by atoms with E-state index in [2.05, 4.69) is 4.98 Å². The summed E-state index contributed by atoms with van der Waals surface area (Å²) >= 11 is 0. The van der Waals surface area contributed by atoms with Crippen molar-refractivity contribution in [1.29, 1.82) is 0 Å². The lowest BCUT2D eigenvalue weighted by molar-refractivity contribution is -0.137. The van der Waals surface area contributed by atoms with Crippen molar-refractivity contribution in [1.82, 2.24) is 9.55 Å². The molecule has 0 radical (unpaired) electrons.